The molecule has 0 saturated carbocycles. The molecule has 0 aliphatic heterocycles. The van der Waals surface area contributed by atoms with Crippen molar-refractivity contribution in [2.75, 3.05) is 6.54 Å². The molecule has 5 heteroatoms. The number of nitrogens with one attached hydrogen (secondary N) is 1. The first-order valence-electron chi connectivity index (χ1n) is 6.25. The van der Waals surface area contributed by atoms with Crippen LogP contribution in [0.3, 0.4) is 0 Å². The highest BCUT2D eigenvalue weighted by atomic mass is 16.4. The van der Waals surface area contributed by atoms with E-state index in [0.717, 1.165) is 6.42 Å². The van der Waals surface area contributed by atoms with Gasteiger partial charge in [0.25, 0.3) is 0 Å². The van der Waals surface area contributed by atoms with Crippen LogP contribution in [0.15, 0.2) is 0 Å². The summed E-state index contributed by atoms with van der Waals surface area (Å²) in [5.41, 5.74) is 0. The fraction of sp³-hybridized carbons (Fsp3) is 0.833. The fourth-order valence-electron chi connectivity index (χ4n) is 1.64. The molecule has 0 aromatic heterocycles. The van der Waals surface area contributed by atoms with Crippen molar-refractivity contribution in [3.8, 4) is 0 Å². The second-order valence-corrected chi connectivity index (χ2v) is 4.20. The number of hydrogen-bond acceptors (Lipinski definition) is 2. The van der Waals surface area contributed by atoms with Crippen LogP contribution in [0, 0.1) is 0 Å². The summed E-state index contributed by atoms with van der Waals surface area (Å²) in [6.45, 7) is 8.43. The molecule has 2 N–H and O–H groups in total. The monoisotopic (exact) mass is 244 g/mol. The Morgan fingerprint density at radius 1 is 1.24 bits per heavy atom. The first kappa shape index (κ1) is 15.7. The SMILES string of the molecule is CCC(CC(=O)O)NC(=O)N(CC)C(C)CC. The maximum Gasteiger partial charge on any atom is 0.317 e. The van der Waals surface area contributed by atoms with Crippen LogP contribution in [0.5, 0.6) is 0 Å². The lowest BCUT2D eigenvalue weighted by molar-refractivity contribution is -0.137. The molecule has 0 rings (SSSR count). The number of carbonyl (C=O) groups is 2. The lowest BCUT2D eigenvalue weighted by Crippen LogP contribution is -2.48. The van der Waals surface area contributed by atoms with E-state index in [4.69, 9.17) is 5.11 Å². The van der Waals surface area contributed by atoms with Gasteiger partial charge in [0.05, 0.1) is 6.42 Å². The number of carboxylic acids is 1. The summed E-state index contributed by atoms with van der Waals surface area (Å²) in [7, 11) is 0. The molecule has 5 nitrogen and oxygen atoms in total. The number of carbonyl (C=O) groups excluding carboxylic acids is 1. The Morgan fingerprint density at radius 3 is 2.18 bits per heavy atom. The number of amides is 2. The summed E-state index contributed by atoms with van der Waals surface area (Å²) >= 11 is 0. The van der Waals surface area contributed by atoms with Gasteiger partial charge in [0.15, 0.2) is 0 Å². The number of nitrogens with zero attached hydrogens (tertiary/aromatic N) is 1. The molecule has 2 unspecified atom stereocenters. The molecule has 0 aromatic rings. The summed E-state index contributed by atoms with van der Waals surface area (Å²) in [5, 5.41) is 11.5. The van der Waals surface area contributed by atoms with Gasteiger partial charge in [-0.3, -0.25) is 4.79 Å². The summed E-state index contributed by atoms with van der Waals surface area (Å²) < 4.78 is 0. The number of carboxylic acid groups (broad SMARTS) is 1. The highest BCUT2D eigenvalue weighted by Gasteiger charge is 2.20. The molecule has 0 bridgehead atoms. The fourth-order valence-corrected chi connectivity index (χ4v) is 1.64. The largest absolute Gasteiger partial charge is 0.481 e. The van der Waals surface area contributed by atoms with Gasteiger partial charge in [-0.2, -0.15) is 0 Å². The summed E-state index contributed by atoms with van der Waals surface area (Å²) in [4.78, 5) is 24.3. The lowest BCUT2D eigenvalue weighted by Gasteiger charge is -2.29. The molecule has 0 aliphatic carbocycles. The van der Waals surface area contributed by atoms with E-state index in [2.05, 4.69) is 5.32 Å². The van der Waals surface area contributed by atoms with Gasteiger partial charge in [0.2, 0.25) is 0 Å². The first-order chi connectivity index (χ1) is 7.96. The number of aliphatic carboxylic acids is 1. The van der Waals surface area contributed by atoms with Crippen molar-refractivity contribution >= 4 is 12.0 Å². The molecule has 0 aliphatic rings. The Morgan fingerprint density at radius 2 is 1.82 bits per heavy atom. The Hall–Kier alpha value is -1.26. The Balaban J connectivity index is 4.41. The molecular weight excluding hydrogens is 220 g/mol. The van der Waals surface area contributed by atoms with Gasteiger partial charge in [-0.15, -0.1) is 0 Å². The standard InChI is InChI=1S/C12H24N2O3/c1-5-9(4)14(7-3)12(17)13-10(6-2)8-11(15)16/h9-10H,5-8H2,1-4H3,(H,13,17)(H,15,16). The van der Waals surface area contributed by atoms with Crippen LogP contribution in [0.4, 0.5) is 4.79 Å². The average Bonchev–Trinajstić information content (AvgIpc) is 2.28. The molecular formula is C12H24N2O3. The normalized spacial score (nSPS) is 13.9. The smallest absolute Gasteiger partial charge is 0.317 e. The minimum absolute atomic E-state index is 0.0275. The van der Waals surface area contributed by atoms with Crippen LogP contribution < -0.4 is 5.32 Å². The molecule has 0 heterocycles. The van der Waals surface area contributed by atoms with Crippen LogP contribution >= 0.6 is 0 Å². The van der Waals surface area contributed by atoms with E-state index in [-0.39, 0.29) is 24.5 Å². The molecule has 0 saturated heterocycles. The van der Waals surface area contributed by atoms with Gasteiger partial charge in [0.1, 0.15) is 0 Å². The quantitative estimate of drug-likeness (QED) is 0.720. The molecule has 100 valence electrons. The minimum atomic E-state index is -0.885. The zero-order valence-corrected chi connectivity index (χ0v) is 11.2. The number of hydrogen-bond donors (Lipinski definition) is 2. The van der Waals surface area contributed by atoms with Gasteiger partial charge in [-0.25, -0.2) is 4.79 Å². The van der Waals surface area contributed by atoms with E-state index in [1.165, 1.54) is 0 Å². The predicted molar refractivity (Wildman–Crippen MR) is 67.0 cm³/mol. The van der Waals surface area contributed by atoms with Crippen LogP contribution in [-0.2, 0) is 4.79 Å². The van der Waals surface area contributed by atoms with Crippen LogP contribution in [-0.4, -0.2) is 40.6 Å². The molecule has 2 amide bonds. The van der Waals surface area contributed by atoms with Gasteiger partial charge in [-0.05, 0) is 26.7 Å². The topological polar surface area (TPSA) is 69.6 Å². The summed E-state index contributed by atoms with van der Waals surface area (Å²) in [6, 6.07) is -0.296. The van der Waals surface area contributed by atoms with E-state index >= 15 is 0 Å². The molecule has 0 aromatic carbocycles. The van der Waals surface area contributed by atoms with E-state index < -0.39 is 5.97 Å². The van der Waals surface area contributed by atoms with Crippen LogP contribution in [0.1, 0.15) is 47.0 Å². The molecule has 0 radical (unpaired) electrons. The van der Waals surface area contributed by atoms with Crippen molar-refractivity contribution in [3.05, 3.63) is 0 Å². The maximum absolute atomic E-state index is 11.9. The predicted octanol–water partition coefficient (Wildman–Crippen LogP) is 2.07. The van der Waals surface area contributed by atoms with E-state index in [0.29, 0.717) is 13.0 Å². The average molecular weight is 244 g/mol. The second-order valence-electron chi connectivity index (χ2n) is 4.20. The van der Waals surface area contributed by atoms with Gasteiger partial charge < -0.3 is 15.3 Å². The van der Waals surface area contributed by atoms with E-state index in [1.807, 2.05) is 27.7 Å². The summed E-state index contributed by atoms with van der Waals surface area (Å²) in [5.74, 6) is -0.885. The van der Waals surface area contributed by atoms with E-state index in [1.54, 1.807) is 4.90 Å². The third-order valence-corrected chi connectivity index (χ3v) is 2.97. The first-order valence-corrected chi connectivity index (χ1v) is 6.25. The van der Waals surface area contributed by atoms with Crippen molar-refractivity contribution in [1.82, 2.24) is 10.2 Å². The third-order valence-electron chi connectivity index (χ3n) is 2.97. The van der Waals surface area contributed by atoms with Crippen LogP contribution in [0.2, 0.25) is 0 Å². The van der Waals surface area contributed by atoms with Crippen LogP contribution in [0.25, 0.3) is 0 Å². The molecule has 0 spiro atoms. The van der Waals surface area contributed by atoms with Crippen molar-refractivity contribution in [2.24, 2.45) is 0 Å². The molecule has 0 fully saturated rings. The van der Waals surface area contributed by atoms with E-state index in [9.17, 15) is 9.59 Å². The number of rotatable bonds is 7. The Labute approximate surface area is 103 Å². The zero-order chi connectivity index (χ0) is 13.4. The van der Waals surface area contributed by atoms with Gasteiger partial charge in [0, 0.05) is 18.6 Å². The van der Waals surface area contributed by atoms with Gasteiger partial charge >= 0.3 is 12.0 Å². The second kappa shape index (κ2) is 7.92. The third kappa shape index (κ3) is 5.56. The number of urea groups is 1. The Kier molecular flexibility index (Phi) is 7.34. The molecule has 17 heavy (non-hydrogen) atoms. The van der Waals surface area contributed by atoms with Crippen molar-refractivity contribution in [2.45, 2.75) is 59.0 Å². The van der Waals surface area contributed by atoms with Crippen molar-refractivity contribution in [3.63, 3.8) is 0 Å². The maximum atomic E-state index is 11.9. The lowest BCUT2D eigenvalue weighted by atomic mass is 10.1. The minimum Gasteiger partial charge on any atom is -0.481 e. The highest BCUT2D eigenvalue weighted by Crippen LogP contribution is 2.05. The van der Waals surface area contributed by atoms with Gasteiger partial charge in [-0.1, -0.05) is 13.8 Å². The highest BCUT2D eigenvalue weighted by molar-refractivity contribution is 5.76. The Bertz CT molecular complexity index is 256. The molecule has 2 atom stereocenters. The summed E-state index contributed by atoms with van der Waals surface area (Å²) in [6.07, 6.45) is 1.48. The van der Waals surface area contributed by atoms with Crippen molar-refractivity contribution in [1.29, 1.82) is 0 Å². The zero-order valence-electron chi connectivity index (χ0n) is 11.2. The van der Waals surface area contributed by atoms with Crippen molar-refractivity contribution < 1.29 is 14.7 Å².